The van der Waals surface area contributed by atoms with Crippen LogP contribution < -0.4 is 10.1 Å². The number of rotatable bonds is 1. The molecule has 2 aliphatic rings. The standard InChI is InChI=1S/C19H16F3NO2/c1-25-13-5-6-14-11(9-13)3-2-8-18(14)15-10-12(19(20,21)22)4-7-16(15)23-17(18)24/h4-7,9-10H,2-3,8H2,1H3,(H,23,24). The van der Waals surface area contributed by atoms with Crippen LogP contribution in [0.15, 0.2) is 36.4 Å². The summed E-state index contributed by atoms with van der Waals surface area (Å²) < 4.78 is 44.8. The van der Waals surface area contributed by atoms with E-state index in [4.69, 9.17) is 4.74 Å². The number of methoxy groups -OCH3 is 1. The summed E-state index contributed by atoms with van der Waals surface area (Å²) in [4.78, 5) is 12.9. The van der Waals surface area contributed by atoms with Crippen LogP contribution in [0.1, 0.15) is 35.1 Å². The van der Waals surface area contributed by atoms with E-state index in [0.29, 0.717) is 23.4 Å². The van der Waals surface area contributed by atoms with Crippen LogP contribution in [0, 0.1) is 0 Å². The van der Waals surface area contributed by atoms with Gasteiger partial charge in [0.2, 0.25) is 5.91 Å². The molecule has 0 bridgehead atoms. The number of anilines is 1. The fourth-order valence-corrected chi connectivity index (χ4v) is 4.05. The molecule has 1 heterocycles. The first-order valence-corrected chi connectivity index (χ1v) is 8.07. The second-order valence-electron chi connectivity index (χ2n) is 6.49. The SMILES string of the molecule is COc1ccc2c(c1)CCCC21C(=O)Nc2ccc(C(F)(F)F)cc21. The number of fused-ring (bicyclic) bond motifs is 4. The van der Waals surface area contributed by atoms with Gasteiger partial charge >= 0.3 is 6.18 Å². The number of nitrogens with one attached hydrogen (secondary N) is 1. The minimum Gasteiger partial charge on any atom is -0.497 e. The summed E-state index contributed by atoms with van der Waals surface area (Å²) in [5.41, 5.74) is 0.806. The summed E-state index contributed by atoms with van der Waals surface area (Å²) in [5, 5.41) is 2.77. The lowest BCUT2D eigenvalue weighted by molar-refractivity contribution is -0.137. The molecule has 4 rings (SSSR count). The topological polar surface area (TPSA) is 38.3 Å². The molecule has 1 aliphatic heterocycles. The Morgan fingerprint density at radius 2 is 1.92 bits per heavy atom. The zero-order valence-electron chi connectivity index (χ0n) is 13.5. The number of alkyl halides is 3. The van der Waals surface area contributed by atoms with Crippen molar-refractivity contribution in [3.05, 3.63) is 58.7 Å². The molecule has 0 aromatic heterocycles. The lowest BCUT2D eigenvalue weighted by Crippen LogP contribution is -2.39. The maximum absolute atomic E-state index is 13.2. The van der Waals surface area contributed by atoms with Gasteiger partial charge in [0.25, 0.3) is 0 Å². The number of aryl methyl sites for hydroxylation is 1. The number of carbonyl (C=O) groups excluding carboxylic acids is 1. The zero-order valence-corrected chi connectivity index (χ0v) is 13.5. The number of hydrogen-bond donors (Lipinski definition) is 1. The van der Waals surface area contributed by atoms with Crippen molar-refractivity contribution in [2.24, 2.45) is 0 Å². The Hall–Kier alpha value is -2.50. The molecule has 0 saturated heterocycles. The highest BCUT2D eigenvalue weighted by atomic mass is 19.4. The number of ether oxygens (including phenoxy) is 1. The van der Waals surface area contributed by atoms with Gasteiger partial charge in [0.05, 0.1) is 12.7 Å². The zero-order chi connectivity index (χ0) is 17.8. The number of benzene rings is 2. The molecule has 130 valence electrons. The monoisotopic (exact) mass is 347 g/mol. The molecule has 25 heavy (non-hydrogen) atoms. The smallest absolute Gasteiger partial charge is 0.416 e. The summed E-state index contributed by atoms with van der Waals surface area (Å²) in [5.74, 6) is 0.423. The molecule has 0 saturated carbocycles. The number of hydrogen-bond acceptors (Lipinski definition) is 2. The first-order valence-electron chi connectivity index (χ1n) is 8.07. The number of carbonyl (C=O) groups is 1. The molecule has 1 atom stereocenters. The fourth-order valence-electron chi connectivity index (χ4n) is 4.05. The van der Waals surface area contributed by atoms with Crippen molar-refractivity contribution in [2.75, 3.05) is 12.4 Å². The van der Waals surface area contributed by atoms with Gasteiger partial charge in [-0.15, -0.1) is 0 Å². The molecule has 1 amide bonds. The van der Waals surface area contributed by atoms with Gasteiger partial charge in [0.1, 0.15) is 11.2 Å². The van der Waals surface area contributed by atoms with Crippen molar-refractivity contribution >= 4 is 11.6 Å². The highest BCUT2D eigenvalue weighted by Gasteiger charge is 2.51. The quantitative estimate of drug-likeness (QED) is 0.836. The van der Waals surface area contributed by atoms with Crippen LogP contribution in [-0.4, -0.2) is 13.0 Å². The van der Waals surface area contributed by atoms with Crippen molar-refractivity contribution in [2.45, 2.75) is 30.9 Å². The van der Waals surface area contributed by atoms with E-state index in [9.17, 15) is 18.0 Å². The van der Waals surface area contributed by atoms with E-state index in [1.807, 2.05) is 12.1 Å². The van der Waals surface area contributed by atoms with Gasteiger partial charge in [-0.2, -0.15) is 13.2 Å². The van der Waals surface area contributed by atoms with Crippen molar-refractivity contribution in [1.29, 1.82) is 0 Å². The first kappa shape index (κ1) is 16.0. The van der Waals surface area contributed by atoms with Gasteiger partial charge in [-0.25, -0.2) is 0 Å². The Morgan fingerprint density at radius 3 is 2.64 bits per heavy atom. The molecule has 1 unspecified atom stereocenters. The van der Waals surface area contributed by atoms with E-state index in [1.165, 1.54) is 6.07 Å². The second-order valence-corrected chi connectivity index (χ2v) is 6.49. The molecule has 6 heteroatoms. The van der Waals surface area contributed by atoms with Crippen molar-refractivity contribution in [1.82, 2.24) is 0 Å². The number of halogens is 3. The average Bonchev–Trinajstić information content (AvgIpc) is 2.86. The summed E-state index contributed by atoms with van der Waals surface area (Å²) in [6, 6.07) is 8.91. The Morgan fingerprint density at radius 1 is 1.12 bits per heavy atom. The van der Waals surface area contributed by atoms with Crippen LogP contribution in [0.2, 0.25) is 0 Å². The van der Waals surface area contributed by atoms with E-state index in [2.05, 4.69) is 5.32 Å². The molecule has 1 N–H and O–H groups in total. The van der Waals surface area contributed by atoms with Crippen LogP contribution >= 0.6 is 0 Å². The van der Waals surface area contributed by atoms with Gasteiger partial charge in [0.15, 0.2) is 0 Å². The van der Waals surface area contributed by atoms with Crippen LogP contribution in [0.3, 0.4) is 0 Å². The second kappa shape index (κ2) is 5.25. The summed E-state index contributed by atoms with van der Waals surface area (Å²) in [6.07, 6.45) is -2.45. The average molecular weight is 347 g/mol. The lowest BCUT2D eigenvalue weighted by atomic mass is 9.66. The molecule has 1 spiro atoms. The van der Waals surface area contributed by atoms with Gasteiger partial charge in [-0.05, 0) is 66.3 Å². The Kier molecular flexibility index (Phi) is 3.36. The fraction of sp³-hybridized carbons (Fsp3) is 0.316. The summed E-state index contributed by atoms with van der Waals surface area (Å²) in [6.45, 7) is 0. The highest BCUT2D eigenvalue weighted by molar-refractivity contribution is 6.09. The first-order chi connectivity index (χ1) is 11.9. The predicted molar refractivity (Wildman–Crippen MR) is 86.8 cm³/mol. The molecular formula is C19H16F3NO2. The minimum atomic E-state index is -4.45. The van der Waals surface area contributed by atoms with Gasteiger partial charge in [-0.3, -0.25) is 4.79 Å². The Labute approximate surface area is 142 Å². The van der Waals surface area contributed by atoms with Gasteiger partial charge in [0, 0.05) is 5.69 Å². The van der Waals surface area contributed by atoms with Crippen molar-refractivity contribution < 1.29 is 22.7 Å². The van der Waals surface area contributed by atoms with Gasteiger partial charge < -0.3 is 10.1 Å². The minimum absolute atomic E-state index is 0.257. The Balaban J connectivity index is 1.95. The summed E-state index contributed by atoms with van der Waals surface area (Å²) >= 11 is 0. The largest absolute Gasteiger partial charge is 0.497 e. The Bertz CT molecular complexity index is 875. The van der Waals surface area contributed by atoms with E-state index in [1.54, 1.807) is 13.2 Å². The molecule has 3 nitrogen and oxygen atoms in total. The molecule has 0 radical (unpaired) electrons. The van der Waals surface area contributed by atoms with Crippen LogP contribution in [0.5, 0.6) is 5.75 Å². The maximum Gasteiger partial charge on any atom is 0.416 e. The number of amides is 1. The normalized spacial score (nSPS) is 21.7. The third kappa shape index (κ3) is 2.23. The molecular weight excluding hydrogens is 331 g/mol. The third-order valence-corrected chi connectivity index (χ3v) is 5.21. The van der Waals surface area contributed by atoms with Crippen LogP contribution in [-0.2, 0) is 22.8 Å². The lowest BCUT2D eigenvalue weighted by Gasteiger charge is -2.34. The molecule has 0 fully saturated rings. The van der Waals surface area contributed by atoms with Crippen molar-refractivity contribution in [3.63, 3.8) is 0 Å². The molecule has 2 aromatic rings. The molecule has 2 aromatic carbocycles. The van der Waals surface area contributed by atoms with E-state index >= 15 is 0 Å². The summed E-state index contributed by atoms with van der Waals surface area (Å²) in [7, 11) is 1.56. The predicted octanol–water partition coefficient (Wildman–Crippen LogP) is 4.29. The molecule has 1 aliphatic carbocycles. The van der Waals surface area contributed by atoms with Crippen LogP contribution in [0.25, 0.3) is 0 Å². The van der Waals surface area contributed by atoms with Crippen molar-refractivity contribution in [3.8, 4) is 5.75 Å². The maximum atomic E-state index is 13.2. The third-order valence-electron chi connectivity index (χ3n) is 5.21. The van der Waals surface area contributed by atoms with Gasteiger partial charge in [-0.1, -0.05) is 6.07 Å². The highest BCUT2D eigenvalue weighted by Crippen LogP contribution is 2.51. The van der Waals surface area contributed by atoms with E-state index in [0.717, 1.165) is 36.1 Å². The van der Waals surface area contributed by atoms with Crippen LogP contribution in [0.4, 0.5) is 18.9 Å². The van der Waals surface area contributed by atoms with E-state index in [-0.39, 0.29) is 5.91 Å². The van der Waals surface area contributed by atoms with E-state index < -0.39 is 17.2 Å².